The van der Waals surface area contributed by atoms with Crippen LogP contribution in [0.1, 0.15) is 24.2 Å². The number of nitro benzene ring substituents is 1. The van der Waals surface area contributed by atoms with Gasteiger partial charge in [0.05, 0.1) is 15.6 Å². The Morgan fingerprint density at radius 3 is 2.46 bits per heavy atom. The summed E-state index contributed by atoms with van der Waals surface area (Å²) in [5.74, 6) is -3.02. The first-order chi connectivity index (χ1) is 11.1. The van der Waals surface area contributed by atoms with Gasteiger partial charge in [0.15, 0.2) is 0 Å². The first-order valence-electron chi connectivity index (χ1n) is 6.86. The van der Waals surface area contributed by atoms with Crippen molar-refractivity contribution in [2.45, 2.75) is 24.8 Å². The Kier molecular flexibility index (Phi) is 6.71. The van der Waals surface area contributed by atoms with Gasteiger partial charge in [0, 0.05) is 11.6 Å². The maximum atomic E-state index is 11.9. The molecule has 4 N–H and O–H groups in total. The molecule has 10 heteroatoms. The number of carboxylic acids is 1. The summed E-state index contributed by atoms with van der Waals surface area (Å²) in [6.45, 7) is 3.30. The van der Waals surface area contributed by atoms with Crippen LogP contribution in [0.25, 0.3) is 0 Å². The number of carboxylic acid groups (broad SMARTS) is 1. The van der Waals surface area contributed by atoms with Crippen molar-refractivity contribution >= 4 is 35.2 Å². The molecule has 0 saturated heterocycles. The normalized spacial score (nSPS) is 11.8. The highest BCUT2D eigenvalue weighted by atomic mass is 32.2. The molecule has 2 amide bonds. The third-order valence-corrected chi connectivity index (χ3v) is 4.11. The number of hydrogen-bond acceptors (Lipinski definition) is 6. The molecule has 0 aliphatic rings. The maximum absolute atomic E-state index is 11.9. The van der Waals surface area contributed by atoms with Crippen molar-refractivity contribution in [2.24, 2.45) is 11.7 Å². The van der Waals surface area contributed by atoms with Crippen molar-refractivity contribution in [3.63, 3.8) is 0 Å². The summed E-state index contributed by atoms with van der Waals surface area (Å²) in [5, 5.41) is 22.4. The summed E-state index contributed by atoms with van der Waals surface area (Å²) < 4.78 is 0. The summed E-state index contributed by atoms with van der Waals surface area (Å²) in [6, 6.07) is 2.65. The molecule has 24 heavy (non-hydrogen) atoms. The zero-order valence-electron chi connectivity index (χ0n) is 13.0. The fourth-order valence-electron chi connectivity index (χ4n) is 1.81. The lowest BCUT2D eigenvalue weighted by Crippen LogP contribution is -2.45. The zero-order valence-corrected chi connectivity index (χ0v) is 13.8. The van der Waals surface area contributed by atoms with Gasteiger partial charge in [-0.15, -0.1) is 11.8 Å². The van der Waals surface area contributed by atoms with Gasteiger partial charge in [-0.1, -0.05) is 13.8 Å². The van der Waals surface area contributed by atoms with E-state index in [-0.39, 0.29) is 27.8 Å². The van der Waals surface area contributed by atoms with Crippen LogP contribution in [0, 0.1) is 16.0 Å². The molecule has 1 atom stereocenters. The van der Waals surface area contributed by atoms with Crippen LogP contribution in [0.15, 0.2) is 23.1 Å². The van der Waals surface area contributed by atoms with E-state index in [2.05, 4.69) is 5.32 Å². The second-order valence-electron chi connectivity index (χ2n) is 5.22. The lowest BCUT2D eigenvalue weighted by Gasteiger charge is -2.17. The minimum Gasteiger partial charge on any atom is -0.480 e. The Labute approximate surface area is 141 Å². The van der Waals surface area contributed by atoms with Crippen molar-refractivity contribution in [3.05, 3.63) is 33.9 Å². The van der Waals surface area contributed by atoms with E-state index in [4.69, 9.17) is 10.8 Å². The Morgan fingerprint density at radius 2 is 2.00 bits per heavy atom. The van der Waals surface area contributed by atoms with Gasteiger partial charge in [0.25, 0.3) is 5.69 Å². The van der Waals surface area contributed by atoms with Gasteiger partial charge in [0.1, 0.15) is 6.04 Å². The standard InChI is InChI=1S/C14H17N3O6S/c1-7(2)12(14(20)21)16-11(18)6-24-10-4-3-8(13(15)19)5-9(10)17(22)23/h3-5,7,12H,6H2,1-2H3,(H2,15,19)(H,16,18)(H,20,21)/t12-/m1/s1. The Hall–Kier alpha value is -2.62. The highest BCUT2D eigenvalue weighted by Crippen LogP contribution is 2.30. The second-order valence-corrected chi connectivity index (χ2v) is 6.24. The molecule has 0 heterocycles. The number of benzene rings is 1. The predicted molar refractivity (Wildman–Crippen MR) is 86.7 cm³/mol. The van der Waals surface area contributed by atoms with Crippen LogP contribution in [-0.2, 0) is 9.59 Å². The van der Waals surface area contributed by atoms with E-state index in [1.165, 1.54) is 12.1 Å². The van der Waals surface area contributed by atoms with E-state index in [1.54, 1.807) is 13.8 Å². The van der Waals surface area contributed by atoms with Gasteiger partial charge in [-0.25, -0.2) is 4.79 Å². The lowest BCUT2D eigenvalue weighted by molar-refractivity contribution is -0.387. The van der Waals surface area contributed by atoms with E-state index in [0.717, 1.165) is 17.8 Å². The average molecular weight is 355 g/mol. The Morgan fingerprint density at radius 1 is 1.38 bits per heavy atom. The molecule has 0 fully saturated rings. The van der Waals surface area contributed by atoms with Crippen LogP contribution in [0.5, 0.6) is 0 Å². The number of aliphatic carboxylic acids is 1. The number of nitrogens with zero attached hydrogens (tertiary/aromatic N) is 1. The maximum Gasteiger partial charge on any atom is 0.326 e. The first kappa shape index (κ1) is 19.4. The molecule has 1 aromatic carbocycles. The number of rotatable bonds is 8. The van der Waals surface area contributed by atoms with E-state index in [0.29, 0.717) is 0 Å². The van der Waals surface area contributed by atoms with Gasteiger partial charge in [0.2, 0.25) is 11.8 Å². The number of carbonyl (C=O) groups is 3. The highest BCUT2D eigenvalue weighted by molar-refractivity contribution is 8.00. The van der Waals surface area contributed by atoms with Crippen LogP contribution in [0.2, 0.25) is 0 Å². The molecule has 0 aliphatic heterocycles. The van der Waals surface area contributed by atoms with Crippen molar-refractivity contribution in [1.29, 1.82) is 0 Å². The summed E-state index contributed by atoms with van der Waals surface area (Å²) >= 11 is 0.871. The van der Waals surface area contributed by atoms with Gasteiger partial charge >= 0.3 is 5.97 Å². The van der Waals surface area contributed by atoms with Crippen molar-refractivity contribution in [3.8, 4) is 0 Å². The smallest absolute Gasteiger partial charge is 0.326 e. The van der Waals surface area contributed by atoms with Crippen molar-refractivity contribution < 1.29 is 24.4 Å². The van der Waals surface area contributed by atoms with Crippen LogP contribution >= 0.6 is 11.8 Å². The van der Waals surface area contributed by atoms with Crippen LogP contribution in [-0.4, -0.2) is 39.6 Å². The number of thioether (sulfide) groups is 1. The van der Waals surface area contributed by atoms with Crippen LogP contribution < -0.4 is 11.1 Å². The molecular weight excluding hydrogens is 338 g/mol. The Balaban J connectivity index is 2.83. The van der Waals surface area contributed by atoms with Gasteiger partial charge < -0.3 is 16.2 Å². The number of carbonyl (C=O) groups excluding carboxylic acids is 2. The van der Waals surface area contributed by atoms with Crippen molar-refractivity contribution in [1.82, 2.24) is 5.32 Å². The number of primary amides is 1. The summed E-state index contributed by atoms with van der Waals surface area (Å²) in [5.41, 5.74) is 4.72. The monoisotopic (exact) mass is 355 g/mol. The number of nitrogens with one attached hydrogen (secondary N) is 1. The molecule has 130 valence electrons. The predicted octanol–water partition coefficient (Wildman–Crippen LogP) is 1.01. The molecule has 0 aromatic heterocycles. The molecule has 0 bridgehead atoms. The summed E-state index contributed by atoms with van der Waals surface area (Å²) in [4.78, 5) is 44.5. The molecule has 1 rings (SSSR count). The number of hydrogen-bond donors (Lipinski definition) is 3. The minimum atomic E-state index is -1.15. The first-order valence-corrected chi connectivity index (χ1v) is 7.85. The second kappa shape index (κ2) is 8.29. The SMILES string of the molecule is CC(C)[C@@H](NC(=O)CSc1ccc(C(N)=O)cc1[N+](=O)[O-])C(=O)O. The number of nitro groups is 1. The average Bonchev–Trinajstić information content (AvgIpc) is 2.49. The lowest BCUT2D eigenvalue weighted by atomic mass is 10.1. The summed E-state index contributed by atoms with van der Waals surface area (Å²) in [7, 11) is 0. The molecular formula is C14H17N3O6S. The molecule has 0 radical (unpaired) electrons. The summed E-state index contributed by atoms with van der Waals surface area (Å²) in [6.07, 6.45) is 0. The quantitative estimate of drug-likeness (QED) is 0.357. The third kappa shape index (κ3) is 5.23. The molecule has 0 saturated carbocycles. The topological polar surface area (TPSA) is 153 Å². The van der Waals surface area contributed by atoms with E-state index in [1.807, 2.05) is 0 Å². The Bertz CT molecular complexity index is 676. The molecule has 0 spiro atoms. The molecule has 1 aromatic rings. The number of nitrogens with two attached hydrogens (primary N) is 1. The zero-order chi connectivity index (χ0) is 18.4. The van der Waals surface area contributed by atoms with E-state index < -0.39 is 28.7 Å². The fourth-order valence-corrected chi connectivity index (χ4v) is 2.62. The van der Waals surface area contributed by atoms with Gasteiger partial charge in [-0.05, 0) is 18.1 Å². The molecule has 0 unspecified atom stereocenters. The van der Waals surface area contributed by atoms with Gasteiger partial charge in [-0.2, -0.15) is 0 Å². The molecule has 9 nitrogen and oxygen atoms in total. The highest BCUT2D eigenvalue weighted by Gasteiger charge is 2.24. The third-order valence-electron chi connectivity index (χ3n) is 3.05. The molecule has 0 aliphatic carbocycles. The van der Waals surface area contributed by atoms with Crippen LogP contribution in [0.3, 0.4) is 0 Å². The minimum absolute atomic E-state index is 0.0127. The number of amides is 2. The largest absolute Gasteiger partial charge is 0.480 e. The van der Waals surface area contributed by atoms with Crippen molar-refractivity contribution in [2.75, 3.05) is 5.75 Å². The van der Waals surface area contributed by atoms with E-state index >= 15 is 0 Å². The van der Waals surface area contributed by atoms with Gasteiger partial charge in [-0.3, -0.25) is 19.7 Å². The van der Waals surface area contributed by atoms with Crippen LogP contribution in [0.4, 0.5) is 5.69 Å². The fraction of sp³-hybridized carbons (Fsp3) is 0.357. The van der Waals surface area contributed by atoms with E-state index in [9.17, 15) is 24.5 Å².